The van der Waals surface area contributed by atoms with Gasteiger partial charge in [-0.15, -0.1) is 0 Å². The van der Waals surface area contributed by atoms with E-state index in [1.165, 1.54) is 12.1 Å². The van der Waals surface area contributed by atoms with Crippen molar-refractivity contribution in [2.24, 2.45) is 0 Å². The van der Waals surface area contributed by atoms with Gasteiger partial charge in [0.1, 0.15) is 0 Å². The van der Waals surface area contributed by atoms with Gasteiger partial charge in [0.25, 0.3) is 5.91 Å². The third-order valence-electron chi connectivity index (χ3n) is 6.07. The van der Waals surface area contributed by atoms with Crippen molar-refractivity contribution < 1.29 is 26.4 Å². The van der Waals surface area contributed by atoms with Crippen molar-refractivity contribution in [3.63, 3.8) is 0 Å². The molecular weight excluding hydrogens is 491 g/mol. The number of hydrogen-bond acceptors (Lipinski definition) is 4. The van der Waals surface area contributed by atoms with Gasteiger partial charge in [-0.3, -0.25) is 4.79 Å². The average molecular weight is 518 g/mol. The first kappa shape index (κ1) is 25.7. The smallest absolute Gasteiger partial charge is 0.371 e. The van der Waals surface area contributed by atoms with Gasteiger partial charge in [-0.25, -0.2) is 13.1 Å². The van der Waals surface area contributed by atoms with E-state index in [1.807, 2.05) is 17.0 Å². The number of amides is 1. The molecule has 0 aliphatic carbocycles. The average Bonchev–Trinajstić information content (AvgIpc) is 2.88. The van der Waals surface area contributed by atoms with Crippen molar-refractivity contribution in [2.75, 3.05) is 18.0 Å². The van der Waals surface area contributed by atoms with E-state index in [0.29, 0.717) is 42.7 Å². The fourth-order valence-corrected chi connectivity index (χ4v) is 5.53. The highest BCUT2D eigenvalue weighted by atomic mass is 32.2. The molecule has 1 fully saturated rings. The standard InChI is InChI=1S/C26H26F3N3O3S/c27-26(28,29)20-8-6-7-19(17-20)18-30-25(33)23-11-4-5-12-24(23)32-15-13-21(14-16-32)31-36(34,35)22-9-2-1-3-10-22/h1-12,17,21,31H,13-16,18H2,(H,30,33). The number of piperidine rings is 1. The molecule has 1 aliphatic rings. The molecule has 3 aromatic carbocycles. The Morgan fingerprint density at radius 3 is 2.28 bits per heavy atom. The Hall–Kier alpha value is -3.37. The number of hydrogen-bond donors (Lipinski definition) is 2. The van der Waals surface area contributed by atoms with Crippen molar-refractivity contribution in [1.29, 1.82) is 0 Å². The van der Waals surface area contributed by atoms with Crippen LogP contribution in [0.4, 0.5) is 18.9 Å². The van der Waals surface area contributed by atoms with Crippen LogP contribution in [0, 0.1) is 0 Å². The monoisotopic (exact) mass is 517 g/mol. The minimum Gasteiger partial charge on any atom is -0.371 e. The second-order valence-electron chi connectivity index (χ2n) is 8.59. The first-order chi connectivity index (χ1) is 17.1. The van der Waals surface area contributed by atoms with Crippen LogP contribution in [-0.4, -0.2) is 33.5 Å². The molecule has 4 rings (SSSR count). The van der Waals surface area contributed by atoms with Crippen molar-refractivity contribution >= 4 is 21.6 Å². The number of alkyl halides is 3. The fourth-order valence-electron chi connectivity index (χ4n) is 4.20. The van der Waals surface area contributed by atoms with Gasteiger partial charge in [-0.1, -0.05) is 42.5 Å². The van der Waals surface area contributed by atoms with E-state index >= 15 is 0 Å². The van der Waals surface area contributed by atoms with Crippen LogP contribution in [-0.2, 0) is 22.7 Å². The first-order valence-corrected chi connectivity index (χ1v) is 13.0. The van der Waals surface area contributed by atoms with Crippen LogP contribution in [0.2, 0.25) is 0 Å². The third-order valence-corrected chi connectivity index (χ3v) is 7.60. The number of nitrogens with zero attached hydrogens (tertiary/aromatic N) is 1. The van der Waals surface area contributed by atoms with E-state index in [0.717, 1.165) is 12.1 Å². The number of carbonyl (C=O) groups excluding carboxylic acids is 1. The number of nitrogens with one attached hydrogen (secondary N) is 2. The molecule has 1 heterocycles. The molecule has 3 aromatic rings. The summed E-state index contributed by atoms with van der Waals surface area (Å²) < 4.78 is 66.9. The summed E-state index contributed by atoms with van der Waals surface area (Å²) in [6, 6.07) is 19.8. The van der Waals surface area contributed by atoms with Gasteiger partial charge in [0.2, 0.25) is 10.0 Å². The van der Waals surface area contributed by atoms with Crippen molar-refractivity contribution in [1.82, 2.24) is 10.0 Å². The quantitative estimate of drug-likeness (QED) is 0.481. The molecule has 0 spiro atoms. The predicted molar refractivity (Wildman–Crippen MR) is 131 cm³/mol. The van der Waals surface area contributed by atoms with E-state index < -0.39 is 27.7 Å². The Bertz CT molecular complexity index is 1310. The van der Waals surface area contributed by atoms with Crippen LogP contribution in [0.1, 0.15) is 34.3 Å². The van der Waals surface area contributed by atoms with E-state index in [4.69, 9.17) is 0 Å². The lowest BCUT2D eigenvalue weighted by Gasteiger charge is -2.34. The summed E-state index contributed by atoms with van der Waals surface area (Å²) in [6.45, 7) is 1.04. The zero-order valence-electron chi connectivity index (χ0n) is 19.3. The van der Waals surface area contributed by atoms with E-state index in [-0.39, 0.29) is 17.5 Å². The molecule has 0 radical (unpaired) electrons. The highest BCUT2D eigenvalue weighted by Gasteiger charge is 2.30. The molecule has 6 nitrogen and oxygen atoms in total. The largest absolute Gasteiger partial charge is 0.416 e. The molecule has 2 N–H and O–H groups in total. The van der Waals surface area contributed by atoms with E-state index in [1.54, 1.807) is 42.5 Å². The highest BCUT2D eigenvalue weighted by Crippen LogP contribution is 2.30. The third kappa shape index (κ3) is 6.24. The molecule has 190 valence electrons. The molecule has 36 heavy (non-hydrogen) atoms. The molecule has 0 unspecified atom stereocenters. The van der Waals surface area contributed by atoms with Gasteiger partial charge in [-0.05, 0) is 54.8 Å². The van der Waals surface area contributed by atoms with Crippen LogP contribution < -0.4 is 14.9 Å². The van der Waals surface area contributed by atoms with Crippen molar-refractivity contribution in [3.05, 3.63) is 95.6 Å². The Balaban J connectivity index is 1.38. The summed E-state index contributed by atoms with van der Waals surface area (Å²) in [6.07, 6.45) is -3.33. The molecule has 1 saturated heterocycles. The van der Waals surface area contributed by atoms with Crippen molar-refractivity contribution in [2.45, 2.75) is 36.5 Å². The number of halogens is 3. The maximum Gasteiger partial charge on any atom is 0.416 e. The molecule has 0 aromatic heterocycles. The van der Waals surface area contributed by atoms with Crippen LogP contribution in [0.25, 0.3) is 0 Å². The SMILES string of the molecule is O=C(NCc1cccc(C(F)(F)F)c1)c1ccccc1N1CCC(NS(=O)(=O)c2ccccc2)CC1. The second-order valence-corrected chi connectivity index (χ2v) is 10.3. The first-order valence-electron chi connectivity index (χ1n) is 11.5. The number of para-hydroxylation sites is 1. The molecule has 0 atom stereocenters. The van der Waals surface area contributed by atoms with Crippen LogP contribution >= 0.6 is 0 Å². The van der Waals surface area contributed by atoms with E-state index in [9.17, 15) is 26.4 Å². The van der Waals surface area contributed by atoms with Gasteiger partial charge < -0.3 is 10.2 Å². The van der Waals surface area contributed by atoms with Gasteiger partial charge in [-0.2, -0.15) is 13.2 Å². The van der Waals surface area contributed by atoms with Gasteiger partial charge >= 0.3 is 6.18 Å². The number of benzene rings is 3. The second kappa shape index (κ2) is 10.7. The van der Waals surface area contributed by atoms with Gasteiger partial charge in [0.05, 0.1) is 16.0 Å². The molecule has 0 bridgehead atoms. The minimum absolute atomic E-state index is 0.0412. The van der Waals surface area contributed by atoms with Crippen LogP contribution in [0.3, 0.4) is 0 Å². The van der Waals surface area contributed by atoms with E-state index in [2.05, 4.69) is 10.0 Å². The lowest BCUT2D eigenvalue weighted by Crippen LogP contribution is -2.45. The number of anilines is 1. The summed E-state index contributed by atoms with van der Waals surface area (Å²) in [4.78, 5) is 15.2. The number of rotatable bonds is 7. The lowest BCUT2D eigenvalue weighted by atomic mass is 10.0. The Labute approximate surface area is 208 Å². The van der Waals surface area contributed by atoms with Gasteiger partial charge in [0.15, 0.2) is 0 Å². The predicted octanol–water partition coefficient (Wildman–Crippen LogP) is 4.58. The summed E-state index contributed by atoms with van der Waals surface area (Å²) in [5.41, 5.74) is 0.693. The summed E-state index contributed by atoms with van der Waals surface area (Å²) in [7, 11) is -3.61. The zero-order valence-corrected chi connectivity index (χ0v) is 20.1. The highest BCUT2D eigenvalue weighted by molar-refractivity contribution is 7.89. The van der Waals surface area contributed by atoms with Crippen molar-refractivity contribution in [3.8, 4) is 0 Å². The number of sulfonamides is 1. The lowest BCUT2D eigenvalue weighted by molar-refractivity contribution is -0.137. The normalized spacial score (nSPS) is 15.0. The topological polar surface area (TPSA) is 78.5 Å². The Morgan fingerprint density at radius 1 is 0.917 bits per heavy atom. The zero-order chi connectivity index (χ0) is 25.8. The summed E-state index contributed by atoms with van der Waals surface area (Å²) in [5, 5.41) is 2.71. The molecule has 10 heteroatoms. The minimum atomic E-state index is -4.45. The summed E-state index contributed by atoms with van der Waals surface area (Å²) >= 11 is 0. The fraction of sp³-hybridized carbons (Fsp3) is 0.269. The maximum atomic E-state index is 13.0. The van der Waals surface area contributed by atoms with Crippen LogP contribution in [0.15, 0.2) is 83.8 Å². The molecular formula is C26H26F3N3O3S. The van der Waals surface area contributed by atoms with Crippen LogP contribution in [0.5, 0.6) is 0 Å². The Morgan fingerprint density at radius 2 is 1.58 bits per heavy atom. The summed E-state index contributed by atoms with van der Waals surface area (Å²) in [5.74, 6) is -0.394. The molecule has 1 amide bonds. The number of carbonyl (C=O) groups is 1. The van der Waals surface area contributed by atoms with Gasteiger partial charge in [0, 0.05) is 31.4 Å². The molecule has 1 aliphatic heterocycles. The molecule has 0 saturated carbocycles. The maximum absolute atomic E-state index is 13.0. The Kier molecular flexibility index (Phi) is 7.65.